The Morgan fingerprint density at radius 2 is 2.30 bits per heavy atom. The van der Waals surface area contributed by atoms with Gasteiger partial charge in [0, 0.05) is 18.7 Å². The van der Waals surface area contributed by atoms with E-state index in [0.29, 0.717) is 18.7 Å². The fraction of sp³-hybridized carbons (Fsp3) is 0.400. The molecule has 0 fully saturated rings. The number of nitrogens with two attached hydrogens (primary N) is 1. The van der Waals surface area contributed by atoms with Crippen LogP contribution >= 0.6 is 0 Å². The summed E-state index contributed by atoms with van der Waals surface area (Å²) >= 11 is 0. The van der Waals surface area contributed by atoms with Crippen LogP contribution in [0.4, 0.5) is 4.39 Å². The summed E-state index contributed by atoms with van der Waals surface area (Å²) in [7, 11) is 0. The summed E-state index contributed by atoms with van der Waals surface area (Å²) in [6.07, 6.45) is -0.118. The molecular formula is C15H19FN2O2. The highest BCUT2D eigenvalue weighted by atomic mass is 19.1. The fourth-order valence-corrected chi connectivity index (χ4v) is 1.61. The lowest BCUT2D eigenvalue weighted by Gasteiger charge is -2.12. The predicted molar refractivity (Wildman–Crippen MR) is 75.8 cm³/mol. The van der Waals surface area contributed by atoms with Crippen LogP contribution in [0.25, 0.3) is 0 Å². The number of ether oxygens (including phenoxy) is 1. The van der Waals surface area contributed by atoms with E-state index in [1.165, 1.54) is 18.2 Å². The van der Waals surface area contributed by atoms with Crippen molar-refractivity contribution in [2.75, 3.05) is 19.7 Å². The van der Waals surface area contributed by atoms with Crippen molar-refractivity contribution < 1.29 is 13.9 Å². The van der Waals surface area contributed by atoms with Gasteiger partial charge in [-0.25, -0.2) is 4.39 Å². The van der Waals surface area contributed by atoms with Crippen molar-refractivity contribution in [2.45, 2.75) is 20.0 Å². The summed E-state index contributed by atoms with van der Waals surface area (Å²) in [4.78, 5) is 11.9. The molecule has 0 heterocycles. The summed E-state index contributed by atoms with van der Waals surface area (Å²) in [5, 5.41) is 2.63. The number of hydrogen-bond acceptors (Lipinski definition) is 3. The molecular weight excluding hydrogens is 259 g/mol. The maximum absolute atomic E-state index is 13.6. The van der Waals surface area contributed by atoms with Crippen LogP contribution in [0.5, 0.6) is 0 Å². The second kappa shape index (κ2) is 8.31. The highest BCUT2D eigenvalue weighted by Gasteiger charge is 2.13. The van der Waals surface area contributed by atoms with E-state index in [-0.39, 0.29) is 18.2 Å². The van der Waals surface area contributed by atoms with Gasteiger partial charge in [-0.3, -0.25) is 4.79 Å². The van der Waals surface area contributed by atoms with Crippen molar-refractivity contribution in [3.63, 3.8) is 0 Å². The van der Waals surface area contributed by atoms with Crippen molar-refractivity contribution >= 4 is 5.91 Å². The van der Waals surface area contributed by atoms with Gasteiger partial charge in [-0.1, -0.05) is 11.8 Å². The molecule has 0 saturated carbocycles. The van der Waals surface area contributed by atoms with Crippen LogP contribution < -0.4 is 11.1 Å². The summed E-state index contributed by atoms with van der Waals surface area (Å²) < 4.78 is 18.9. The molecule has 5 heteroatoms. The van der Waals surface area contributed by atoms with Crippen LogP contribution in [0.1, 0.15) is 29.8 Å². The van der Waals surface area contributed by atoms with Crippen LogP contribution in [-0.2, 0) is 4.74 Å². The van der Waals surface area contributed by atoms with Crippen LogP contribution in [0, 0.1) is 17.7 Å². The van der Waals surface area contributed by atoms with Crippen molar-refractivity contribution in [3.05, 3.63) is 35.1 Å². The minimum absolute atomic E-state index is 0.0301. The lowest BCUT2D eigenvalue weighted by atomic mass is 10.1. The SMILES string of the molecule is CCOC(C)CNC(=O)c1cc(C#CCN)ccc1F. The van der Waals surface area contributed by atoms with E-state index in [4.69, 9.17) is 10.5 Å². The van der Waals surface area contributed by atoms with E-state index >= 15 is 0 Å². The quantitative estimate of drug-likeness (QED) is 0.798. The number of benzene rings is 1. The van der Waals surface area contributed by atoms with E-state index in [1.807, 2.05) is 13.8 Å². The van der Waals surface area contributed by atoms with E-state index in [0.717, 1.165) is 0 Å². The lowest BCUT2D eigenvalue weighted by molar-refractivity contribution is 0.0693. The normalized spacial score (nSPS) is 11.4. The number of hydrogen-bond donors (Lipinski definition) is 2. The van der Waals surface area contributed by atoms with Crippen LogP contribution in [0.2, 0.25) is 0 Å². The number of halogens is 1. The van der Waals surface area contributed by atoms with Gasteiger partial charge in [-0.15, -0.1) is 0 Å². The zero-order valence-corrected chi connectivity index (χ0v) is 11.7. The molecule has 1 aromatic carbocycles. The molecule has 4 nitrogen and oxygen atoms in total. The molecule has 1 unspecified atom stereocenters. The first-order valence-corrected chi connectivity index (χ1v) is 6.46. The summed E-state index contributed by atoms with van der Waals surface area (Å²) in [6, 6.07) is 4.15. The number of carbonyl (C=O) groups excluding carboxylic acids is 1. The van der Waals surface area contributed by atoms with Crippen LogP contribution in [-0.4, -0.2) is 31.7 Å². The maximum Gasteiger partial charge on any atom is 0.254 e. The summed E-state index contributed by atoms with van der Waals surface area (Å²) in [5.74, 6) is 4.37. The number of rotatable bonds is 5. The lowest BCUT2D eigenvalue weighted by Crippen LogP contribution is -2.32. The van der Waals surface area contributed by atoms with Crippen LogP contribution in [0.15, 0.2) is 18.2 Å². The Kier molecular flexibility index (Phi) is 6.71. The van der Waals surface area contributed by atoms with Gasteiger partial charge in [0.05, 0.1) is 18.2 Å². The van der Waals surface area contributed by atoms with Crippen molar-refractivity contribution in [1.29, 1.82) is 0 Å². The van der Waals surface area contributed by atoms with Gasteiger partial charge in [0.2, 0.25) is 0 Å². The Labute approximate surface area is 118 Å². The molecule has 20 heavy (non-hydrogen) atoms. The first-order valence-electron chi connectivity index (χ1n) is 6.46. The average Bonchev–Trinajstić information content (AvgIpc) is 2.44. The summed E-state index contributed by atoms with van der Waals surface area (Å²) in [5.41, 5.74) is 5.80. The minimum Gasteiger partial charge on any atom is -0.377 e. The fourth-order valence-electron chi connectivity index (χ4n) is 1.61. The third-order valence-electron chi connectivity index (χ3n) is 2.55. The van der Waals surface area contributed by atoms with E-state index in [2.05, 4.69) is 17.2 Å². The van der Waals surface area contributed by atoms with Gasteiger partial charge in [-0.05, 0) is 32.0 Å². The molecule has 0 aliphatic heterocycles. The first kappa shape index (κ1) is 16.2. The molecule has 0 spiro atoms. The van der Waals surface area contributed by atoms with Gasteiger partial charge < -0.3 is 15.8 Å². The zero-order chi connectivity index (χ0) is 15.0. The molecule has 3 N–H and O–H groups in total. The molecule has 0 bridgehead atoms. The molecule has 1 amide bonds. The average molecular weight is 278 g/mol. The first-order chi connectivity index (χ1) is 9.58. The highest BCUT2D eigenvalue weighted by molar-refractivity contribution is 5.94. The molecule has 0 saturated heterocycles. The zero-order valence-electron chi connectivity index (χ0n) is 11.7. The molecule has 1 atom stereocenters. The van der Waals surface area contributed by atoms with E-state index in [1.54, 1.807) is 0 Å². The highest BCUT2D eigenvalue weighted by Crippen LogP contribution is 2.10. The topological polar surface area (TPSA) is 64.3 Å². The van der Waals surface area contributed by atoms with Gasteiger partial charge in [0.1, 0.15) is 5.82 Å². The van der Waals surface area contributed by atoms with Crippen molar-refractivity contribution in [2.24, 2.45) is 5.73 Å². The Bertz CT molecular complexity index is 520. The third-order valence-corrected chi connectivity index (χ3v) is 2.55. The standard InChI is InChI=1S/C15H19FN2O2/c1-3-20-11(2)10-18-15(19)13-9-12(5-4-8-17)6-7-14(13)16/h6-7,9,11H,3,8,10,17H2,1-2H3,(H,18,19). The van der Waals surface area contributed by atoms with Gasteiger partial charge >= 0.3 is 0 Å². The minimum atomic E-state index is -0.579. The van der Waals surface area contributed by atoms with Gasteiger partial charge in [0.25, 0.3) is 5.91 Å². The molecule has 0 aliphatic rings. The van der Waals surface area contributed by atoms with Gasteiger partial charge in [-0.2, -0.15) is 0 Å². The molecule has 0 aromatic heterocycles. The largest absolute Gasteiger partial charge is 0.377 e. The van der Waals surface area contributed by atoms with Crippen molar-refractivity contribution in [3.8, 4) is 11.8 Å². The van der Waals surface area contributed by atoms with Crippen LogP contribution in [0.3, 0.4) is 0 Å². The maximum atomic E-state index is 13.6. The predicted octanol–water partition coefficient (Wildman–Crippen LogP) is 1.29. The smallest absolute Gasteiger partial charge is 0.254 e. The molecule has 0 radical (unpaired) electrons. The number of carbonyl (C=O) groups is 1. The third kappa shape index (κ3) is 5.00. The molecule has 1 aromatic rings. The Balaban J connectivity index is 2.76. The monoisotopic (exact) mass is 278 g/mol. The van der Waals surface area contributed by atoms with E-state index < -0.39 is 11.7 Å². The molecule has 108 valence electrons. The molecule has 1 rings (SSSR count). The molecule has 0 aliphatic carbocycles. The van der Waals surface area contributed by atoms with E-state index in [9.17, 15) is 9.18 Å². The second-order valence-corrected chi connectivity index (χ2v) is 4.18. The Hall–Kier alpha value is -1.90. The Morgan fingerprint density at radius 1 is 1.55 bits per heavy atom. The van der Waals surface area contributed by atoms with Crippen molar-refractivity contribution in [1.82, 2.24) is 5.32 Å². The second-order valence-electron chi connectivity index (χ2n) is 4.18. The van der Waals surface area contributed by atoms with Gasteiger partial charge in [0.15, 0.2) is 0 Å². The summed E-state index contributed by atoms with van der Waals surface area (Å²) in [6.45, 7) is 4.81. The number of nitrogens with one attached hydrogen (secondary N) is 1. The Morgan fingerprint density at radius 3 is 2.95 bits per heavy atom. The number of amides is 1.